The van der Waals surface area contributed by atoms with E-state index in [1.54, 1.807) is 7.11 Å². The molecule has 1 heterocycles. The number of nitrogens with one attached hydrogen (secondary N) is 1. The molecular formula is C10H20N2O3. The third kappa shape index (κ3) is 3.15. The fourth-order valence-corrected chi connectivity index (χ4v) is 1.53. The highest BCUT2D eigenvalue weighted by Gasteiger charge is 2.35. The Morgan fingerprint density at radius 1 is 1.73 bits per heavy atom. The average molecular weight is 216 g/mol. The number of nitrogens with two attached hydrogens (primary N) is 1. The molecule has 5 heteroatoms. The summed E-state index contributed by atoms with van der Waals surface area (Å²) >= 11 is 0. The van der Waals surface area contributed by atoms with Crippen LogP contribution in [0, 0.1) is 0 Å². The highest BCUT2D eigenvalue weighted by Crippen LogP contribution is 2.21. The number of ether oxygens (including phenoxy) is 2. The van der Waals surface area contributed by atoms with Gasteiger partial charge in [-0.3, -0.25) is 4.79 Å². The van der Waals surface area contributed by atoms with E-state index < -0.39 is 6.04 Å². The minimum atomic E-state index is -0.429. The van der Waals surface area contributed by atoms with Gasteiger partial charge >= 0.3 is 0 Å². The summed E-state index contributed by atoms with van der Waals surface area (Å²) in [7, 11) is 1.64. The molecular weight excluding hydrogens is 196 g/mol. The highest BCUT2D eigenvalue weighted by molar-refractivity contribution is 5.81. The maximum Gasteiger partial charge on any atom is 0.237 e. The van der Waals surface area contributed by atoms with Crippen molar-refractivity contribution in [3.8, 4) is 0 Å². The summed E-state index contributed by atoms with van der Waals surface area (Å²) in [6.07, 6.45) is 1.45. The Bertz CT molecular complexity index is 215. The zero-order chi connectivity index (χ0) is 11.3. The summed E-state index contributed by atoms with van der Waals surface area (Å²) in [4.78, 5) is 11.5. The lowest BCUT2D eigenvalue weighted by Crippen LogP contribution is -2.49. The Morgan fingerprint density at radius 2 is 2.47 bits per heavy atom. The third-order valence-corrected chi connectivity index (χ3v) is 2.86. The number of hydrogen-bond acceptors (Lipinski definition) is 4. The van der Waals surface area contributed by atoms with Gasteiger partial charge in [-0.15, -0.1) is 0 Å². The molecule has 5 nitrogen and oxygen atoms in total. The Labute approximate surface area is 90.3 Å². The van der Waals surface area contributed by atoms with Crippen LogP contribution < -0.4 is 11.1 Å². The molecule has 0 bridgehead atoms. The van der Waals surface area contributed by atoms with Crippen molar-refractivity contribution in [3.05, 3.63) is 0 Å². The van der Waals surface area contributed by atoms with E-state index in [9.17, 15) is 4.79 Å². The number of amides is 1. The van der Waals surface area contributed by atoms with E-state index in [0.29, 0.717) is 26.2 Å². The molecule has 3 N–H and O–H groups in total. The van der Waals surface area contributed by atoms with Gasteiger partial charge in [0.2, 0.25) is 5.91 Å². The number of carbonyl (C=O) groups is 1. The van der Waals surface area contributed by atoms with Gasteiger partial charge in [0.05, 0.1) is 12.6 Å². The van der Waals surface area contributed by atoms with Crippen molar-refractivity contribution in [1.82, 2.24) is 5.32 Å². The van der Waals surface area contributed by atoms with Gasteiger partial charge in [0.25, 0.3) is 0 Å². The smallest absolute Gasteiger partial charge is 0.237 e. The van der Waals surface area contributed by atoms with Crippen molar-refractivity contribution in [1.29, 1.82) is 0 Å². The molecule has 0 radical (unpaired) electrons. The molecule has 0 spiro atoms. The summed E-state index contributed by atoms with van der Waals surface area (Å²) in [5.74, 6) is -0.124. The van der Waals surface area contributed by atoms with Gasteiger partial charge in [0, 0.05) is 26.7 Å². The SMILES string of the molecule is CC[C@H](N)C(=O)NCC1(OC)CCOC1. The van der Waals surface area contributed by atoms with Crippen LogP contribution in [0.2, 0.25) is 0 Å². The van der Waals surface area contributed by atoms with Crippen molar-refractivity contribution in [2.24, 2.45) is 5.73 Å². The van der Waals surface area contributed by atoms with E-state index in [-0.39, 0.29) is 11.5 Å². The fourth-order valence-electron chi connectivity index (χ4n) is 1.53. The lowest BCUT2D eigenvalue weighted by molar-refractivity contribution is -0.124. The zero-order valence-electron chi connectivity index (χ0n) is 9.41. The maximum atomic E-state index is 11.5. The second-order valence-electron chi connectivity index (χ2n) is 3.92. The quantitative estimate of drug-likeness (QED) is 0.658. The summed E-state index contributed by atoms with van der Waals surface area (Å²) in [6, 6.07) is -0.429. The summed E-state index contributed by atoms with van der Waals surface area (Å²) in [5.41, 5.74) is 5.24. The van der Waals surface area contributed by atoms with Gasteiger partial charge in [0.1, 0.15) is 5.60 Å². The normalized spacial score (nSPS) is 27.7. The van der Waals surface area contributed by atoms with Crippen LogP contribution >= 0.6 is 0 Å². The second-order valence-corrected chi connectivity index (χ2v) is 3.92. The molecule has 1 rings (SSSR count). The fraction of sp³-hybridized carbons (Fsp3) is 0.900. The van der Waals surface area contributed by atoms with Gasteiger partial charge in [-0.2, -0.15) is 0 Å². The molecule has 2 atom stereocenters. The molecule has 0 saturated carbocycles. The molecule has 88 valence electrons. The number of carbonyl (C=O) groups excluding carboxylic acids is 1. The second kappa shape index (κ2) is 5.44. The first kappa shape index (κ1) is 12.4. The first-order valence-electron chi connectivity index (χ1n) is 5.30. The Morgan fingerprint density at radius 3 is 2.93 bits per heavy atom. The van der Waals surface area contributed by atoms with Crippen LogP contribution in [0.4, 0.5) is 0 Å². The molecule has 15 heavy (non-hydrogen) atoms. The van der Waals surface area contributed by atoms with E-state index >= 15 is 0 Å². The average Bonchev–Trinajstić information content (AvgIpc) is 2.74. The van der Waals surface area contributed by atoms with Crippen molar-refractivity contribution in [2.45, 2.75) is 31.4 Å². The molecule has 1 unspecified atom stereocenters. The number of hydrogen-bond donors (Lipinski definition) is 2. The Kier molecular flexibility index (Phi) is 4.50. The molecule has 0 aromatic carbocycles. The van der Waals surface area contributed by atoms with E-state index in [2.05, 4.69) is 5.32 Å². The molecule has 1 amide bonds. The molecule has 0 aromatic heterocycles. The standard InChI is InChI=1S/C10H20N2O3/c1-3-8(11)9(13)12-6-10(14-2)4-5-15-7-10/h8H,3-7,11H2,1-2H3,(H,12,13)/t8-,10?/m0/s1. The van der Waals surface area contributed by atoms with Crippen molar-refractivity contribution in [2.75, 3.05) is 26.9 Å². The summed E-state index contributed by atoms with van der Waals surface area (Å²) < 4.78 is 10.6. The molecule has 1 aliphatic heterocycles. The van der Waals surface area contributed by atoms with Gasteiger partial charge in [-0.05, 0) is 6.42 Å². The monoisotopic (exact) mass is 216 g/mol. The van der Waals surface area contributed by atoms with Gasteiger partial charge in [0.15, 0.2) is 0 Å². The van der Waals surface area contributed by atoms with Crippen molar-refractivity contribution < 1.29 is 14.3 Å². The number of rotatable bonds is 5. The van der Waals surface area contributed by atoms with Crippen LogP contribution in [0.5, 0.6) is 0 Å². The first-order chi connectivity index (χ1) is 7.13. The van der Waals surface area contributed by atoms with Crippen molar-refractivity contribution in [3.63, 3.8) is 0 Å². The van der Waals surface area contributed by atoms with Crippen LogP contribution in [0.15, 0.2) is 0 Å². The van der Waals surface area contributed by atoms with Crippen LogP contribution in [0.3, 0.4) is 0 Å². The highest BCUT2D eigenvalue weighted by atomic mass is 16.5. The Balaban J connectivity index is 2.37. The largest absolute Gasteiger partial charge is 0.378 e. The lowest BCUT2D eigenvalue weighted by Gasteiger charge is -2.26. The minimum absolute atomic E-state index is 0.124. The third-order valence-electron chi connectivity index (χ3n) is 2.86. The first-order valence-corrected chi connectivity index (χ1v) is 5.30. The van der Waals surface area contributed by atoms with Crippen LogP contribution in [0.25, 0.3) is 0 Å². The molecule has 1 aliphatic rings. The predicted octanol–water partition coefficient (Wildman–Crippen LogP) is -0.355. The van der Waals surface area contributed by atoms with E-state index in [1.165, 1.54) is 0 Å². The number of methoxy groups -OCH3 is 1. The molecule has 0 aromatic rings. The van der Waals surface area contributed by atoms with Gasteiger partial charge in [-0.25, -0.2) is 0 Å². The molecule has 1 fully saturated rings. The van der Waals surface area contributed by atoms with Crippen LogP contribution in [-0.4, -0.2) is 44.4 Å². The topological polar surface area (TPSA) is 73.6 Å². The van der Waals surface area contributed by atoms with E-state index in [1.807, 2.05) is 6.92 Å². The van der Waals surface area contributed by atoms with E-state index in [0.717, 1.165) is 6.42 Å². The summed E-state index contributed by atoms with van der Waals surface area (Å²) in [5, 5.41) is 2.80. The minimum Gasteiger partial charge on any atom is -0.378 e. The Hall–Kier alpha value is -0.650. The van der Waals surface area contributed by atoms with Gasteiger partial charge in [-0.1, -0.05) is 6.92 Å². The van der Waals surface area contributed by atoms with Crippen molar-refractivity contribution >= 4 is 5.91 Å². The summed E-state index contributed by atoms with van der Waals surface area (Å²) in [6.45, 7) is 3.57. The predicted molar refractivity (Wildman–Crippen MR) is 56.5 cm³/mol. The molecule has 1 saturated heterocycles. The lowest BCUT2D eigenvalue weighted by atomic mass is 10.0. The zero-order valence-corrected chi connectivity index (χ0v) is 9.41. The molecule has 0 aliphatic carbocycles. The van der Waals surface area contributed by atoms with Crippen LogP contribution in [0.1, 0.15) is 19.8 Å². The van der Waals surface area contributed by atoms with Crippen LogP contribution in [-0.2, 0) is 14.3 Å². The van der Waals surface area contributed by atoms with E-state index in [4.69, 9.17) is 15.2 Å². The maximum absolute atomic E-state index is 11.5. The van der Waals surface area contributed by atoms with Gasteiger partial charge < -0.3 is 20.5 Å².